The zero-order valence-electron chi connectivity index (χ0n) is 19.9. The molecule has 35 heavy (non-hydrogen) atoms. The van der Waals surface area contributed by atoms with Gasteiger partial charge < -0.3 is 15.0 Å². The van der Waals surface area contributed by atoms with Crippen LogP contribution in [0.15, 0.2) is 72.8 Å². The molecule has 1 aromatic heterocycles. The van der Waals surface area contributed by atoms with E-state index in [1.807, 2.05) is 73.7 Å². The maximum absolute atomic E-state index is 13.3. The van der Waals surface area contributed by atoms with Gasteiger partial charge >= 0.3 is 0 Å². The maximum atomic E-state index is 13.3. The van der Waals surface area contributed by atoms with Crippen molar-refractivity contribution in [2.75, 3.05) is 23.9 Å². The van der Waals surface area contributed by atoms with E-state index in [2.05, 4.69) is 5.32 Å². The van der Waals surface area contributed by atoms with Crippen LogP contribution in [-0.4, -0.2) is 35.2 Å². The predicted octanol–water partition coefficient (Wildman–Crippen LogP) is 5.02. The topological polar surface area (TPSA) is 76.5 Å². The summed E-state index contributed by atoms with van der Waals surface area (Å²) in [6, 6.07) is 22.9. The molecule has 0 atom stereocenters. The average molecular weight is 467 g/mol. The summed E-state index contributed by atoms with van der Waals surface area (Å²) >= 11 is 0. The summed E-state index contributed by atoms with van der Waals surface area (Å²) in [5, 5.41) is 7.83. The van der Waals surface area contributed by atoms with Crippen LogP contribution >= 0.6 is 0 Å². The second-order valence-electron chi connectivity index (χ2n) is 8.58. The van der Waals surface area contributed by atoms with Gasteiger partial charge in [0.25, 0.3) is 5.91 Å². The Morgan fingerprint density at radius 2 is 1.77 bits per heavy atom. The number of benzene rings is 3. The highest BCUT2D eigenvalue weighted by Gasteiger charge is 2.24. The Bertz CT molecular complexity index is 1420. The van der Waals surface area contributed by atoms with Gasteiger partial charge in [-0.25, -0.2) is 4.68 Å². The highest BCUT2D eigenvalue weighted by atomic mass is 16.5. The van der Waals surface area contributed by atoms with Crippen LogP contribution in [0.3, 0.4) is 0 Å². The summed E-state index contributed by atoms with van der Waals surface area (Å²) in [5.41, 5.74) is 5.88. The molecule has 0 saturated carbocycles. The number of carbonyl (C=O) groups is 2. The second-order valence-corrected chi connectivity index (χ2v) is 8.58. The van der Waals surface area contributed by atoms with Crippen molar-refractivity contribution >= 4 is 23.3 Å². The summed E-state index contributed by atoms with van der Waals surface area (Å²) in [5.74, 6) is 1.01. The van der Waals surface area contributed by atoms with Crippen molar-refractivity contribution in [3.8, 4) is 22.7 Å². The number of fused-ring (bicyclic) bond motifs is 1. The fourth-order valence-electron chi connectivity index (χ4n) is 4.40. The molecule has 1 aliphatic rings. The van der Waals surface area contributed by atoms with Gasteiger partial charge in [-0.2, -0.15) is 5.10 Å². The van der Waals surface area contributed by atoms with Crippen molar-refractivity contribution in [2.24, 2.45) is 0 Å². The van der Waals surface area contributed by atoms with Crippen molar-refractivity contribution in [1.82, 2.24) is 9.78 Å². The summed E-state index contributed by atoms with van der Waals surface area (Å²) in [6.45, 7) is 4.22. The number of carbonyl (C=O) groups excluding carboxylic acids is 2. The lowest BCUT2D eigenvalue weighted by Crippen LogP contribution is -2.25. The molecule has 4 aromatic rings. The lowest BCUT2D eigenvalue weighted by molar-refractivity contribution is -0.116. The van der Waals surface area contributed by atoms with E-state index >= 15 is 0 Å². The molecule has 0 aliphatic carbocycles. The molecule has 0 fully saturated rings. The quantitative estimate of drug-likeness (QED) is 0.448. The van der Waals surface area contributed by atoms with E-state index in [9.17, 15) is 9.59 Å². The lowest BCUT2D eigenvalue weighted by Gasteiger charge is -2.15. The predicted molar refractivity (Wildman–Crippen MR) is 136 cm³/mol. The minimum absolute atomic E-state index is 0.00632. The van der Waals surface area contributed by atoms with E-state index in [0.29, 0.717) is 29.4 Å². The molecule has 0 unspecified atom stereocenters. The Morgan fingerprint density at radius 1 is 1.00 bits per heavy atom. The van der Waals surface area contributed by atoms with E-state index in [-0.39, 0.29) is 11.8 Å². The third-order valence-electron chi connectivity index (χ3n) is 6.23. The van der Waals surface area contributed by atoms with Crippen LogP contribution in [0.25, 0.3) is 16.9 Å². The molecular weight excluding hydrogens is 440 g/mol. The molecule has 1 aliphatic heterocycles. The molecule has 7 heteroatoms. The summed E-state index contributed by atoms with van der Waals surface area (Å²) in [6.07, 6.45) is 0.731. The fourth-order valence-corrected chi connectivity index (χ4v) is 4.40. The Balaban J connectivity index is 1.51. The number of nitrogens with zero attached hydrogens (tertiary/aromatic N) is 3. The van der Waals surface area contributed by atoms with E-state index < -0.39 is 0 Å². The maximum Gasteiger partial charge on any atom is 0.256 e. The Labute approximate surface area is 204 Å². The van der Waals surface area contributed by atoms with Gasteiger partial charge in [0.05, 0.1) is 18.5 Å². The number of aromatic nitrogens is 2. The highest BCUT2D eigenvalue weighted by Crippen LogP contribution is 2.33. The van der Waals surface area contributed by atoms with Crippen molar-refractivity contribution < 1.29 is 14.3 Å². The van der Waals surface area contributed by atoms with Gasteiger partial charge in [-0.05, 0) is 61.4 Å². The van der Waals surface area contributed by atoms with Crippen LogP contribution in [0, 0.1) is 6.92 Å². The van der Waals surface area contributed by atoms with Gasteiger partial charge in [0, 0.05) is 36.3 Å². The molecule has 3 aromatic carbocycles. The molecule has 5 rings (SSSR count). The van der Waals surface area contributed by atoms with Crippen molar-refractivity contribution in [3.63, 3.8) is 0 Å². The van der Waals surface area contributed by atoms with Crippen molar-refractivity contribution in [3.05, 3.63) is 89.5 Å². The molecule has 0 saturated heterocycles. The van der Waals surface area contributed by atoms with Crippen LogP contribution in [0.2, 0.25) is 0 Å². The third-order valence-corrected chi connectivity index (χ3v) is 6.23. The van der Waals surface area contributed by atoms with Crippen LogP contribution < -0.4 is 15.0 Å². The number of methoxy groups -OCH3 is 1. The number of hydrogen-bond donors (Lipinski definition) is 1. The average Bonchev–Trinajstić information content (AvgIpc) is 3.48. The Hall–Kier alpha value is -4.39. The minimum Gasteiger partial charge on any atom is -0.496 e. The van der Waals surface area contributed by atoms with Crippen molar-refractivity contribution in [1.29, 1.82) is 0 Å². The molecule has 0 spiro atoms. The molecule has 0 bridgehead atoms. The first-order valence-corrected chi connectivity index (χ1v) is 11.5. The van der Waals surface area contributed by atoms with E-state index in [4.69, 9.17) is 9.84 Å². The number of hydrogen-bond acceptors (Lipinski definition) is 4. The molecule has 2 heterocycles. The standard InChI is InChI=1S/C28H26N4O3/c1-18-8-11-22(12-9-18)32-27(17-24(30-32)23-6-4-5-7-26(23)35-3)29-28(34)21-10-13-25-20(16-21)14-15-31(25)19(2)33/h4-13,16-17H,14-15H2,1-3H3,(H,29,34). The zero-order valence-corrected chi connectivity index (χ0v) is 19.9. The molecule has 2 amide bonds. The molecule has 176 valence electrons. The smallest absolute Gasteiger partial charge is 0.256 e. The summed E-state index contributed by atoms with van der Waals surface area (Å²) in [4.78, 5) is 26.9. The van der Waals surface area contributed by atoms with E-state index in [1.54, 1.807) is 29.7 Å². The molecule has 7 nitrogen and oxygen atoms in total. The van der Waals surface area contributed by atoms with Gasteiger partial charge in [0.2, 0.25) is 5.91 Å². The first-order valence-electron chi connectivity index (χ1n) is 11.5. The number of para-hydroxylation sites is 1. The first kappa shape index (κ1) is 22.4. The number of aryl methyl sites for hydroxylation is 1. The lowest BCUT2D eigenvalue weighted by atomic mass is 10.1. The summed E-state index contributed by atoms with van der Waals surface area (Å²) < 4.78 is 7.25. The number of rotatable bonds is 5. The normalized spacial score (nSPS) is 12.4. The van der Waals surface area contributed by atoms with Gasteiger partial charge in [0.15, 0.2) is 0 Å². The largest absolute Gasteiger partial charge is 0.496 e. The minimum atomic E-state index is -0.242. The van der Waals surface area contributed by atoms with Gasteiger partial charge in [0.1, 0.15) is 11.6 Å². The van der Waals surface area contributed by atoms with E-state index in [0.717, 1.165) is 34.5 Å². The molecule has 1 N–H and O–H groups in total. The van der Waals surface area contributed by atoms with Crippen LogP contribution in [0.1, 0.15) is 28.4 Å². The molecule has 0 radical (unpaired) electrons. The number of amides is 2. The first-order chi connectivity index (χ1) is 16.9. The second kappa shape index (κ2) is 9.10. The van der Waals surface area contributed by atoms with Gasteiger partial charge in [-0.1, -0.05) is 29.8 Å². The van der Waals surface area contributed by atoms with Gasteiger partial charge in [-0.3, -0.25) is 9.59 Å². The van der Waals surface area contributed by atoms with Crippen molar-refractivity contribution in [2.45, 2.75) is 20.3 Å². The monoisotopic (exact) mass is 466 g/mol. The third kappa shape index (κ3) is 4.28. The van der Waals surface area contributed by atoms with E-state index in [1.165, 1.54) is 0 Å². The van der Waals surface area contributed by atoms with Crippen LogP contribution in [-0.2, 0) is 11.2 Å². The van der Waals surface area contributed by atoms with Crippen LogP contribution in [0.4, 0.5) is 11.5 Å². The summed E-state index contributed by atoms with van der Waals surface area (Å²) in [7, 11) is 1.62. The zero-order chi connectivity index (χ0) is 24.5. The van der Waals surface area contributed by atoms with Gasteiger partial charge in [-0.15, -0.1) is 0 Å². The Kier molecular flexibility index (Phi) is 5.82. The number of anilines is 2. The SMILES string of the molecule is COc1ccccc1-c1cc(NC(=O)c2ccc3c(c2)CCN3C(C)=O)n(-c2ccc(C)cc2)n1. The highest BCUT2D eigenvalue weighted by molar-refractivity contribution is 6.05. The number of nitrogens with one attached hydrogen (secondary N) is 1. The van der Waals surface area contributed by atoms with Crippen LogP contribution in [0.5, 0.6) is 5.75 Å². The number of ether oxygens (including phenoxy) is 1. The fraction of sp³-hybridized carbons (Fsp3) is 0.179. The molecular formula is C28H26N4O3. The Morgan fingerprint density at radius 3 is 2.51 bits per heavy atom.